The van der Waals surface area contributed by atoms with E-state index in [4.69, 9.17) is 15.2 Å². The zero-order valence-electron chi connectivity index (χ0n) is 14.0. The van der Waals surface area contributed by atoms with Crippen LogP contribution < -0.4 is 15.2 Å². The molecule has 130 valence electrons. The van der Waals surface area contributed by atoms with E-state index in [2.05, 4.69) is 15.2 Å². The van der Waals surface area contributed by atoms with Gasteiger partial charge in [-0.05, 0) is 36.8 Å². The highest BCUT2D eigenvalue weighted by molar-refractivity contribution is 5.54. The number of nitrogens with one attached hydrogen (secondary N) is 1. The Kier molecular flexibility index (Phi) is 4.95. The van der Waals surface area contributed by atoms with Crippen molar-refractivity contribution in [3.05, 3.63) is 59.7 Å². The Morgan fingerprint density at radius 1 is 1.20 bits per heavy atom. The van der Waals surface area contributed by atoms with Crippen LogP contribution in [0.15, 0.2) is 42.5 Å². The number of aromatic nitrogens is 3. The van der Waals surface area contributed by atoms with Gasteiger partial charge in [-0.25, -0.2) is 9.37 Å². The monoisotopic (exact) mass is 342 g/mol. The summed E-state index contributed by atoms with van der Waals surface area (Å²) in [5, 5.41) is 6.94. The van der Waals surface area contributed by atoms with Crippen LogP contribution in [0.3, 0.4) is 0 Å². The van der Waals surface area contributed by atoms with Crippen molar-refractivity contribution in [1.82, 2.24) is 15.2 Å². The second-order valence-electron chi connectivity index (χ2n) is 5.38. The third kappa shape index (κ3) is 3.61. The quantitative estimate of drug-likeness (QED) is 0.719. The first-order valence-electron chi connectivity index (χ1n) is 7.87. The van der Waals surface area contributed by atoms with E-state index >= 15 is 0 Å². The van der Waals surface area contributed by atoms with Gasteiger partial charge in [0.25, 0.3) is 0 Å². The summed E-state index contributed by atoms with van der Waals surface area (Å²) >= 11 is 0. The van der Waals surface area contributed by atoms with Crippen LogP contribution in [0.5, 0.6) is 11.5 Å². The molecule has 0 spiro atoms. The molecule has 25 heavy (non-hydrogen) atoms. The van der Waals surface area contributed by atoms with Crippen LogP contribution in [0.4, 0.5) is 4.39 Å². The summed E-state index contributed by atoms with van der Waals surface area (Å²) in [7, 11) is 1.57. The fourth-order valence-corrected chi connectivity index (χ4v) is 2.48. The molecule has 0 aliphatic rings. The average molecular weight is 342 g/mol. The van der Waals surface area contributed by atoms with Gasteiger partial charge in [-0.2, -0.15) is 5.10 Å². The van der Waals surface area contributed by atoms with E-state index in [1.807, 2.05) is 13.0 Å². The summed E-state index contributed by atoms with van der Waals surface area (Å²) in [6, 6.07) is 11.0. The van der Waals surface area contributed by atoms with E-state index in [9.17, 15) is 4.39 Å². The molecule has 3 aromatic rings. The molecular formula is C18H19FN4O2. The number of benzene rings is 2. The van der Waals surface area contributed by atoms with Crippen molar-refractivity contribution in [1.29, 1.82) is 0 Å². The fraction of sp³-hybridized carbons (Fsp3) is 0.222. The van der Waals surface area contributed by atoms with Crippen LogP contribution >= 0.6 is 0 Å². The third-order valence-corrected chi connectivity index (χ3v) is 3.73. The van der Waals surface area contributed by atoms with Gasteiger partial charge in [0.05, 0.1) is 19.8 Å². The minimum atomic E-state index is -0.528. The molecule has 6 nitrogen and oxygen atoms in total. The first-order chi connectivity index (χ1) is 12.1. The van der Waals surface area contributed by atoms with Crippen LogP contribution in [-0.2, 0) is 0 Å². The van der Waals surface area contributed by atoms with Gasteiger partial charge in [-0.1, -0.05) is 18.2 Å². The summed E-state index contributed by atoms with van der Waals surface area (Å²) in [5.41, 5.74) is 7.66. The molecule has 1 atom stereocenters. The highest BCUT2D eigenvalue weighted by atomic mass is 19.1. The lowest BCUT2D eigenvalue weighted by atomic mass is 10.1. The topological polar surface area (TPSA) is 86.0 Å². The Morgan fingerprint density at radius 2 is 2.04 bits per heavy atom. The number of nitrogens with zero attached hydrogens (tertiary/aromatic N) is 2. The summed E-state index contributed by atoms with van der Waals surface area (Å²) in [6.07, 6.45) is 0. The molecule has 0 aliphatic carbocycles. The van der Waals surface area contributed by atoms with Gasteiger partial charge in [0, 0.05) is 5.56 Å². The maximum Gasteiger partial charge on any atom is 0.181 e. The predicted octanol–water partition coefficient (Wildman–Crippen LogP) is 3.07. The number of H-pyrrole nitrogens is 1. The van der Waals surface area contributed by atoms with Crippen molar-refractivity contribution in [2.75, 3.05) is 13.7 Å². The van der Waals surface area contributed by atoms with Crippen LogP contribution in [0, 0.1) is 5.82 Å². The van der Waals surface area contributed by atoms with Gasteiger partial charge in [-0.3, -0.25) is 5.10 Å². The van der Waals surface area contributed by atoms with Crippen molar-refractivity contribution in [2.45, 2.75) is 13.0 Å². The molecule has 3 rings (SSSR count). The minimum Gasteiger partial charge on any atom is -0.493 e. The SMILES string of the molecule is CCOc1ccc([C@H](N)c2nc(-c3cccc(F)c3)n[nH]2)cc1OC. The van der Waals surface area contributed by atoms with Crippen LogP contribution in [0.25, 0.3) is 11.4 Å². The summed E-state index contributed by atoms with van der Waals surface area (Å²) in [4.78, 5) is 4.38. The molecule has 0 bridgehead atoms. The Hall–Kier alpha value is -2.93. The van der Waals surface area contributed by atoms with E-state index in [1.165, 1.54) is 12.1 Å². The molecule has 0 aliphatic heterocycles. The average Bonchev–Trinajstić information content (AvgIpc) is 3.12. The maximum absolute atomic E-state index is 13.4. The van der Waals surface area contributed by atoms with Gasteiger partial charge in [0.15, 0.2) is 17.3 Å². The summed E-state index contributed by atoms with van der Waals surface area (Å²) in [5.74, 6) is 1.77. The number of hydrogen-bond acceptors (Lipinski definition) is 5. The molecule has 0 amide bonds. The molecule has 7 heteroatoms. The second-order valence-corrected chi connectivity index (χ2v) is 5.38. The number of hydrogen-bond donors (Lipinski definition) is 2. The smallest absolute Gasteiger partial charge is 0.181 e. The van der Waals surface area contributed by atoms with Gasteiger partial charge in [0.2, 0.25) is 0 Å². The number of halogens is 1. The third-order valence-electron chi connectivity index (χ3n) is 3.73. The number of rotatable bonds is 6. The second kappa shape index (κ2) is 7.31. The zero-order chi connectivity index (χ0) is 17.8. The van der Waals surface area contributed by atoms with Crippen molar-refractivity contribution in [3.63, 3.8) is 0 Å². The minimum absolute atomic E-state index is 0.343. The Labute approximate surface area is 144 Å². The van der Waals surface area contributed by atoms with Crippen LogP contribution in [0.2, 0.25) is 0 Å². The van der Waals surface area contributed by atoms with Crippen molar-refractivity contribution < 1.29 is 13.9 Å². The number of nitrogens with two attached hydrogens (primary N) is 1. The number of ether oxygens (including phenoxy) is 2. The Bertz CT molecular complexity index is 866. The molecular weight excluding hydrogens is 323 g/mol. The normalized spacial score (nSPS) is 12.0. The lowest BCUT2D eigenvalue weighted by Crippen LogP contribution is -2.14. The lowest BCUT2D eigenvalue weighted by molar-refractivity contribution is 0.310. The Balaban J connectivity index is 1.87. The lowest BCUT2D eigenvalue weighted by Gasteiger charge is -2.13. The molecule has 1 heterocycles. The van der Waals surface area contributed by atoms with Gasteiger partial charge in [0.1, 0.15) is 11.6 Å². The molecule has 0 saturated carbocycles. The first-order valence-corrected chi connectivity index (χ1v) is 7.87. The first kappa shape index (κ1) is 16.9. The van der Waals surface area contributed by atoms with Crippen molar-refractivity contribution >= 4 is 0 Å². The molecule has 1 aromatic heterocycles. The highest BCUT2D eigenvalue weighted by Crippen LogP contribution is 2.31. The van der Waals surface area contributed by atoms with E-state index in [-0.39, 0.29) is 5.82 Å². The van der Waals surface area contributed by atoms with Gasteiger partial charge < -0.3 is 15.2 Å². The maximum atomic E-state index is 13.4. The molecule has 0 saturated heterocycles. The molecule has 0 unspecified atom stereocenters. The number of aromatic amines is 1. The number of methoxy groups -OCH3 is 1. The van der Waals surface area contributed by atoms with E-state index < -0.39 is 6.04 Å². The largest absolute Gasteiger partial charge is 0.493 e. The highest BCUT2D eigenvalue weighted by Gasteiger charge is 2.17. The molecule has 3 N–H and O–H groups in total. The molecule has 2 aromatic carbocycles. The fourth-order valence-electron chi connectivity index (χ4n) is 2.48. The van der Waals surface area contributed by atoms with Crippen LogP contribution in [-0.4, -0.2) is 28.9 Å². The van der Waals surface area contributed by atoms with Crippen LogP contribution in [0.1, 0.15) is 24.4 Å². The molecule has 0 radical (unpaired) electrons. The summed E-state index contributed by atoms with van der Waals surface area (Å²) in [6.45, 7) is 2.45. The van der Waals surface area contributed by atoms with Crippen molar-refractivity contribution in [2.24, 2.45) is 5.73 Å². The molecule has 0 fully saturated rings. The van der Waals surface area contributed by atoms with E-state index in [0.29, 0.717) is 35.3 Å². The summed E-state index contributed by atoms with van der Waals surface area (Å²) < 4.78 is 24.2. The van der Waals surface area contributed by atoms with E-state index in [1.54, 1.807) is 31.4 Å². The predicted molar refractivity (Wildman–Crippen MR) is 92.0 cm³/mol. The standard InChI is InChI=1S/C18H19FN4O2/c1-3-25-14-8-7-11(10-15(14)24-2)16(20)18-21-17(22-23-18)12-5-4-6-13(19)9-12/h4-10,16H,3,20H2,1-2H3,(H,21,22,23)/t16-/m0/s1. The Morgan fingerprint density at radius 3 is 2.76 bits per heavy atom. The van der Waals surface area contributed by atoms with Gasteiger partial charge in [-0.15, -0.1) is 0 Å². The zero-order valence-corrected chi connectivity index (χ0v) is 14.0. The van der Waals surface area contributed by atoms with E-state index in [0.717, 1.165) is 5.56 Å². The van der Waals surface area contributed by atoms with Gasteiger partial charge >= 0.3 is 0 Å². The van der Waals surface area contributed by atoms with Crippen molar-refractivity contribution in [3.8, 4) is 22.9 Å².